The van der Waals surface area contributed by atoms with Crippen molar-refractivity contribution in [3.05, 3.63) is 40.4 Å². The fourth-order valence-electron chi connectivity index (χ4n) is 1.51. The maximum atomic E-state index is 13.2. The molecule has 6 heteroatoms. The van der Waals surface area contributed by atoms with Gasteiger partial charge in [-0.05, 0) is 24.3 Å². The lowest BCUT2D eigenvalue weighted by Gasteiger charge is -2.07. The van der Waals surface area contributed by atoms with Crippen molar-refractivity contribution in [2.24, 2.45) is 0 Å². The fraction of sp³-hybridized carbons (Fsp3) is 0.0909. The van der Waals surface area contributed by atoms with E-state index in [1.165, 1.54) is 31.4 Å². The maximum Gasteiger partial charge on any atom is 0.272 e. The van der Waals surface area contributed by atoms with Crippen LogP contribution in [0.15, 0.2) is 29.1 Å². The lowest BCUT2D eigenvalue weighted by molar-refractivity contribution is 0.415. The number of anilines is 1. The molecule has 1 aromatic carbocycles. The van der Waals surface area contributed by atoms with E-state index in [0.717, 1.165) is 0 Å². The molecule has 0 unspecified atom stereocenters. The minimum absolute atomic E-state index is 0.144. The number of aromatic amines is 1. The lowest BCUT2D eigenvalue weighted by Crippen LogP contribution is -2.12. The number of hydrogen-bond donors (Lipinski definition) is 2. The summed E-state index contributed by atoms with van der Waals surface area (Å²) < 4.78 is 18.3. The third-order valence-electron chi connectivity index (χ3n) is 2.28. The molecule has 2 rings (SSSR count). The lowest BCUT2D eigenvalue weighted by atomic mass is 10.1. The monoisotopic (exact) mass is 235 g/mol. The number of rotatable bonds is 2. The van der Waals surface area contributed by atoms with Crippen LogP contribution in [0, 0.1) is 5.82 Å². The maximum absolute atomic E-state index is 13.2. The summed E-state index contributed by atoms with van der Waals surface area (Å²) in [6, 6.07) is 5.28. The van der Waals surface area contributed by atoms with Crippen LogP contribution in [0.1, 0.15) is 0 Å². The van der Waals surface area contributed by atoms with E-state index in [-0.39, 0.29) is 11.4 Å². The Labute approximate surface area is 96.0 Å². The molecule has 0 bridgehead atoms. The van der Waals surface area contributed by atoms with Gasteiger partial charge < -0.3 is 10.5 Å². The predicted molar refractivity (Wildman–Crippen MR) is 61.2 cm³/mol. The van der Waals surface area contributed by atoms with Gasteiger partial charge in [0.15, 0.2) is 0 Å². The molecular formula is C11H10FN3O2. The number of nitrogens with zero attached hydrogens (tertiary/aromatic N) is 1. The second kappa shape index (κ2) is 4.25. The number of nitrogens with two attached hydrogens (primary N) is 1. The van der Waals surface area contributed by atoms with Crippen LogP contribution >= 0.6 is 0 Å². The van der Waals surface area contributed by atoms with E-state index >= 15 is 0 Å². The van der Waals surface area contributed by atoms with E-state index in [1.54, 1.807) is 0 Å². The molecule has 1 heterocycles. The SMILES string of the molecule is COc1ccc(F)cc1-c1cc(N)n[nH]c1=O. The van der Waals surface area contributed by atoms with Gasteiger partial charge in [-0.1, -0.05) is 0 Å². The zero-order valence-electron chi connectivity index (χ0n) is 9.03. The van der Waals surface area contributed by atoms with E-state index < -0.39 is 11.4 Å². The van der Waals surface area contributed by atoms with Crippen molar-refractivity contribution in [2.75, 3.05) is 12.8 Å². The quantitative estimate of drug-likeness (QED) is 0.818. The first-order chi connectivity index (χ1) is 8.11. The van der Waals surface area contributed by atoms with Crippen LogP contribution in [0.25, 0.3) is 11.1 Å². The molecular weight excluding hydrogens is 225 g/mol. The van der Waals surface area contributed by atoms with Crippen LogP contribution in [0.5, 0.6) is 5.75 Å². The summed E-state index contributed by atoms with van der Waals surface area (Å²) in [6.07, 6.45) is 0. The Hall–Kier alpha value is -2.37. The Kier molecular flexibility index (Phi) is 2.78. The highest BCUT2D eigenvalue weighted by Crippen LogP contribution is 2.28. The van der Waals surface area contributed by atoms with Crippen molar-refractivity contribution in [1.29, 1.82) is 0 Å². The van der Waals surface area contributed by atoms with Gasteiger partial charge in [-0.2, -0.15) is 5.10 Å². The third kappa shape index (κ3) is 2.10. The average molecular weight is 235 g/mol. The van der Waals surface area contributed by atoms with Gasteiger partial charge in [0.05, 0.1) is 12.7 Å². The van der Waals surface area contributed by atoms with Gasteiger partial charge in [0.25, 0.3) is 5.56 Å². The van der Waals surface area contributed by atoms with Gasteiger partial charge in [0.2, 0.25) is 0 Å². The zero-order valence-corrected chi connectivity index (χ0v) is 9.03. The predicted octanol–water partition coefficient (Wildman–Crippen LogP) is 1.17. The highest BCUT2D eigenvalue weighted by Gasteiger charge is 2.11. The van der Waals surface area contributed by atoms with E-state index in [2.05, 4.69) is 10.2 Å². The van der Waals surface area contributed by atoms with E-state index in [1.807, 2.05) is 0 Å². The van der Waals surface area contributed by atoms with Gasteiger partial charge in [0, 0.05) is 5.56 Å². The third-order valence-corrected chi connectivity index (χ3v) is 2.28. The molecule has 2 aromatic rings. The van der Waals surface area contributed by atoms with Crippen molar-refractivity contribution >= 4 is 5.82 Å². The summed E-state index contributed by atoms with van der Waals surface area (Å²) >= 11 is 0. The number of aromatic nitrogens is 2. The number of benzene rings is 1. The van der Waals surface area contributed by atoms with Crippen molar-refractivity contribution < 1.29 is 9.13 Å². The second-order valence-electron chi connectivity index (χ2n) is 3.38. The van der Waals surface area contributed by atoms with Gasteiger partial charge in [0.1, 0.15) is 17.4 Å². The molecule has 0 saturated carbocycles. The first-order valence-corrected chi connectivity index (χ1v) is 4.81. The molecule has 0 atom stereocenters. The number of ether oxygens (including phenoxy) is 1. The highest BCUT2D eigenvalue weighted by atomic mass is 19.1. The number of hydrogen-bond acceptors (Lipinski definition) is 4. The fourth-order valence-corrected chi connectivity index (χ4v) is 1.51. The van der Waals surface area contributed by atoms with E-state index in [4.69, 9.17) is 10.5 Å². The number of nitrogens with one attached hydrogen (secondary N) is 1. The summed E-state index contributed by atoms with van der Waals surface area (Å²) in [6.45, 7) is 0. The van der Waals surface area contributed by atoms with E-state index in [0.29, 0.717) is 11.3 Å². The topological polar surface area (TPSA) is 81.0 Å². The number of halogens is 1. The number of nitrogen functional groups attached to an aromatic ring is 1. The first kappa shape index (κ1) is 11.1. The summed E-state index contributed by atoms with van der Waals surface area (Å²) in [5, 5.41) is 5.78. The molecule has 0 radical (unpaired) electrons. The molecule has 3 N–H and O–H groups in total. The molecule has 17 heavy (non-hydrogen) atoms. The number of methoxy groups -OCH3 is 1. The molecule has 0 spiro atoms. The van der Waals surface area contributed by atoms with Crippen LogP contribution in [-0.4, -0.2) is 17.3 Å². The van der Waals surface area contributed by atoms with Crippen molar-refractivity contribution in [3.8, 4) is 16.9 Å². The summed E-state index contributed by atoms with van der Waals surface area (Å²) in [5.41, 5.74) is 5.58. The second-order valence-corrected chi connectivity index (χ2v) is 3.38. The minimum atomic E-state index is -0.462. The molecule has 5 nitrogen and oxygen atoms in total. The average Bonchev–Trinajstić information content (AvgIpc) is 2.32. The molecule has 1 aromatic heterocycles. The zero-order chi connectivity index (χ0) is 12.4. The molecule has 0 aliphatic heterocycles. The summed E-state index contributed by atoms with van der Waals surface area (Å²) in [5.74, 6) is 0.0731. The van der Waals surface area contributed by atoms with Crippen LogP contribution < -0.4 is 16.0 Å². The van der Waals surface area contributed by atoms with Crippen molar-refractivity contribution in [1.82, 2.24) is 10.2 Å². The Balaban J connectivity index is 2.71. The minimum Gasteiger partial charge on any atom is -0.496 e. The van der Waals surface area contributed by atoms with Crippen LogP contribution in [0.3, 0.4) is 0 Å². The molecule has 0 fully saturated rings. The molecule has 0 aliphatic rings. The van der Waals surface area contributed by atoms with Crippen LogP contribution in [0.4, 0.5) is 10.2 Å². The summed E-state index contributed by atoms with van der Waals surface area (Å²) in [4.78, 5) is 11.6. The highest BCUT2D eigenvalue weighted by molar-refractivity contribution is 5.71. The Bertz CT molecular complexity index is 610. The van der Waals surface area contributed by atoms with Crippen LogP contribution in [0.2, 0.25) is 0 Å². The van der Waals surface area contributed by atoms with Crippen molar-refractivity contribution in [2.45, 2.75) is 0 Å². The molecule has 0 amide bonds. The van der Waals surface area contributed by atoms with Crippen LogP contribution in [-0.2, 0) is 0 Å². The van der Waals surface area contributed by atoms with Crippen molar-refractivity contribution in [3.63, 3.8) is 0 Å². The molecule has 0 saturated heterocycles. The normalized spacial score (nSPS) is 10.2. The summed E-state index contributed by atoms with van der Waals surface area (Å²) in [7, 11) is 1.44. The first-order valence-electron chi connectivity index (χ1n) is 4.81. The Morgan fingerprint density at radius 3 is 2.82 bits per heavy atom. The standard InChI is InChI=1S/C11H10FN3O2/c1-17-9-3-2-6(12)4-7(9)8-5-10(13)14-15-11(8)16/h2-5H,1H3,(H2,13,14)(H,15,16). The van der Waals surface area contributed by atoms with E-state index in [9.17, 15) is 9.18 Å². The molecule has 0 aliphatic carbocycles. The number of H-pyrrole nitrogens is 1. The Morgan fingerprint density at radius 2 is 2.12 bits per heavy atom. The largest absolute Gasteiger partial charge is 0.496 e. The van der Waals surface area contributed by atoms with Gasteiger partial charge in [-0.3, -0.25) is 4.79 Å². The Morgan fingerprint density at radius 1 is 1.35 bits per heavy atom. The molecule has 88 valence electrons. The smallest absolute Gasteiger partial charge is 0.272 e. The van der Waals surface area contributed by atoms with Gasteiger partial charge in [-0.25, -0.2) is 9.49 Å². The van der Waals surface area contributed by atoms with Gasteiger partial charge in [-0.15, -0.1) is 0 Å². The van der Waals surface area contributed by atoms with Gasteiger partial charge >= 0.3 is 0 Å².